The molecular formula is C20H33IN4O4. The molecule has 0 bridgehead atoms. The number of fused-ring (bicyclic) bond motifs is 1. The average Bonchev–Trinajstić information content (AvgIpc) is 3.10. The van der Waals surface area contributed by atoms with Gasteiger partial charge >= 0.3 is 6.09 Å². The maximum atomic E-state index is 12.2. The molecule has 0 fully saturated rings. The van der Waals surface area contributed by atoms with Crippen LogP contribution in [-0.4, -0.2) is 62.6 Å². The summed E-state index contributed by atoms with van der Waals surface area (Å²) in [5.74, 6) is 2.28. The highest BCUT2D eigenvalue weighted by Crippen LogP contribution is 2.32. The van der Waals surface area contributed by atoms with Crippen molar-refractivity contribution in [1.82, 2.24) is 15.5 Å². The second-order valence-corrected chi connectivity index (χ2v) is 7.42. The molecule has 164 valence electrons. The fourth-order valence-corrected chi connectivity index (χ4v) is 2.66. The van der Waals surface area contributed by atoms with E-state index in [9.17, 15) is 4.79 Å². The lowest BCUT2D eigenvalue weighted by atomic mass is 10.1. The number of aliphatic imine (C=N–C) groups is 1. The van der Waals surface area contributed by atoms with E-state index < -0.39 is 5.60 Å². The average molecular weight is 520 g/mol. The van der Waals surface area contributed by atoms with Gasteiger partial charge in [0.25, 0.3) is 0 Å². The molecule has 2 N–H and O–H groups in total. The molecule has 0 atom stereocenters. The molecule has 0 aliphatic carbocycles. The zero-order valence-electron chi connectivity index (χ0n) is 17.9. The number of nitrogens with zero attached hydrogens (tertiary/aromatic N) is 2. The zero-order valence-corrected chi connectivity index (χ0v) is 20.2. The minimum atomic E-state index is -0.496. The van der Waals surface area contributed by atoms with Gasteiger partial charge < -0.3 is 29.7 Å². The topological polar surface area (TPSA) is 84.4 Å². The first kappa shape index (κ1) is 25.1. The van der Waals surface area contributed by atoms with Gasteiger partial charge in [-0.15, -0.1) is 24.0 Å². The van der Waals surface area contributed by atoms with Crippen molar-refractivity contribution >= 4 is 36.0 Å². The van der Waals surface area contributed by atoms with Crippen LogP contribution >= 0.6 is 24.0 Å². The summed E-state index contributed by atoms with van der Waals surface area (Å²) in [5.41, 5.74) is 0.666. The smallest absolute Gasteiger partial charge is 0.410 e. The molecule has 0 unspecified atom stereocenters. The molecular weight excluding hydrogens is 487 g/mol. The highest BCUT2D eigenvalue weighted by Gasteiger charge is 2.20. The van der Waals surface area contributed by atoms with E-state index in [1.54, 1.807) is 11.9 Å². The third kappa shape index (κ3) is 8.55. The Labute approximate surface area is 190 Å². The van der Waals surface area contributed by atoms with E-state index in [1.165, 1.54) is 0 Å². The van der Waals surface area contributed by atoms with E-state index in [0.29, 0.717) is 25.6 Å². The summed E-state index contributed by atoms with van der Waals surface area (Å²) < 4.78 is 16.1. The van der Waals surface area contributed by atoms with E-state index >= 15 is 0 Å². The molecule has 1 aromatic carbocycles. The van der Waals surface area contributed by atoms with Gasteiger partial charge in [-0.05, 0) is 51.8 Å². The number of carbonyl (C=O) groups excluding carboxylic acids is 1. The minimum Gasteiger partial charge on any atom is -0.454 e. The second kappa shape index (κ2) is 11.9. The molecule has 0 saturated carbocycles. The first-order valence-corrected chi connectivity index (χ1v) is 9.63. The predicted octanol–water partition coefficient (Wildman–Crippen LogP) is 3.00. The molecule has 0 spiro atoms. The van der Waals surface area contributed by atoms with Crippen molar-refractivity contribution in [3.8, 4) is 11.5 Å². The lowest BCUT2D eigenvalue weighted by Crippen LogP contribution is -2.44. The number of amides is 1. The van der Waals surface area contributed by atoms with Crippen LogP contribution in [0.4, 0.5) is 4.79 Å². The number of ether oxygens (including phenoxy) is 3. The molecule has 8 nitrogen and oxygen atoms in total. The molecule has 1 aliphatic rings. The minimum absolute atomic E-state index is 0. The summed E-state index contributed by atoms with van der Waals surface area (Å²) in [4.78, 5) is 18.0. The second-order valence-electron chi connectivity index (χ2n) is 7.42. The van der Waals surface area contributed by atoms with Crippen LogP contribution in [0.15, 0.2) is 23.2 Å². The number of rotatable bonds is 7. The van der Waals surface area contributed by atoms with Crippen molar-refractivity contribution in [2.45, 2.75) is 39.7 Å². The van der Waals surface area contributed by atoms with E-state index in [1.807, 2.05) is 45.9 Å². The Hall–Kier alpha value is -1.91. The van der Waals surface area contributed by atoms with Crippen LogP contribution in [0.1, 0.15) is 33.3 Å². The molecule has 1 aliphatic heterocycles. The highest BCUT2D eigenvalue weighted by atomic mass is 127. The fraction of sp³-hybridized carbons (Fsp3) is 0.600. The standard InChI is InChI=1S/C20H32N4O4.HI/c1-6-24(19(25)28-20(2,3)4)12-11-23-18(21-5)22-10-9-15-7-8-16-17(13-15)27-14-26-16;/h7-8,13H,6,9-12,14H2,1-5H3,(H2,21,22,23);1H. The van der Waals surface area contributed by atoms with Gasteiger partial charge in [-0.25, -0.2) is 4.79 Å². The highest BCUT2D eigenvalue weighted by molar-refractivity contribution is 14.0. The number of guanidine groups is 1. The Balaban J connectivity index is 0.00000420. The summed E-state index contributed by atoms with van der Waals surface area (Å²) >= 11 is 0. The number of likely N-dealkylation sites (N-methyl/N-ethyl adjacent to an activating group) is 1. The summed E-state index contributed by atoms with van der Waals surface area (Å²) in [6, 6.07) is 5.96. The Morgan fingerprint density at radius 1 is 1.21 bits per heavy atom. The normalized spacial score (nSPS) is 12.8. The lowest BCUT2D eigenvalue weighted by Gasteiger charge is -2.26. The Bertz CT molecular complexity index is 692. The largest absolute Gasteiger partial charge is 0.454 e. The van der Waals surface area contributed by atoms with Crippen LogP contribution in [0, 0.1) is 0 Å². The van der Waals surface area contributed by atoms with Crippen LogP contribution in [0.25, 0.3) is 0 Å². The molecule has 9 heteroatoms. The molecule has 0 radical (unpaired) electrons. The van der Waals surface area contributed by atoms with E-state index in [-0.39, 0.29) is 36.9 Å². The first-order chi connectivity index (χ1) is 13.3. The summed E-state index contributed by atoms with van der Waals surface area (Å²) in [6.45, 7) is 10.2. The Kier molecular flexibility index (Phi) is 10.3. The quantitative estimate of drug-likeness (QED) is 0.327. The molecule has 29 heavy (non-hydrogen) atoms. The van der Waals surface area contributed by atoms with Crippen molar-refractivity contribution < 1.29 is 19.0 Å². The van der Waals surface area contributed by atoms with E-state index in [2.05, 4.69) is 15.6 Å². The van der Waals surface area contributed by atoms with Crippen LogP contribution in [-0.2, 0) is 11.2 Å². The first-order valence-electron chi connectivity index (χ1n) is 9.63. The third-order valence-electron chi connectivity index (χ3n) is 4.07. The van der Waals surface area contributed by atoms with E-state index in [4.69, 9.17) is 14.2 Å². The number of benzene rings is 1. The van der Waals surface area contributed by atoms with Gasteiger partial charge in [0.05, 0.1) is 0 Å². The number of carbonyl (C=O) groups is 1. The monoisotopic (exact) mass is 520 g/mol. The van der Waals surface area contributed by atoms with Gasteiger partial charge in [0.1, 0.15) is 5.60 Å². The van der Waals surface area contributed by atoms with Crippen molar-refractivity contribution in [2.75, 3.05) is 40.0 Å². The van der Waals surface area contributed by atoms with Gasteiger partial charge in [-0.1, -0.05) is 6.07 Å². The molecule has 2 rings (SSSR count). The van der Waals surface area contributed by atoms with Crippen molar-refractivity contribution in [1.29, 1.82) is 0 Å². The SMILES string of the molecule is CCN(CCNC(=NC)NCCc1ccc2c(c1)OCO2)C(=O)OC(C)(C)C.I. The number of hydrogen-bond donors (Lipinski definition) is 2. The molecule has 1 heterocycles. The molecule has 0 saturated heterocycles. The molecule has 1 amide bonds. The third-order valence-corrected chi connectivity index (χ3v) is 4.07. The number of halogens is 1. The number of hydrogen-bond acceptors (Lipinski definition) is 5. The van der Waals surface area contributed by atoms with E-state index in [0.717, 1.165) is 30.0 Å². The number of nitrogens with one attached hydrogen (secondary N) is 2. The zero-order chi connectivity index (χ0) is 20.6. The van der Waals surface area contributed by atoms with Gasteiger partial charge in [-0.3, -0.25) is 4.99 Å². The molecule has 1 aromatic rings. The van der Waals surface area contributed by atoms with Crippen LogP contribution in [0.5, 0.6) is 11.5 Å². The molecule has 0 aromatic heterocycles. The van der Waals surface area contributed by atoms with Crippen molar-refractivity contribution in [3.63, 3.8) is 0 Å². The summed E-state index contributed by atoms with van der Waals surface area (Å²) in [6.07, 6.45) is 0.527. The lowest BCUT2D eigenvalue weighted by molar-refractivity contribution is 0.0264. The van der Waals surface area contributed by atoms with Gasteiger partial charge in [0, 0.05) is 33.2 Å². The van der Waals surface area contributed by atoms with Gasteiger partial charge in [-0.2, -0.15) is 0 Å². The van der Waals surface area contributed by atoms with Crippen LogP contribution < -0.4 is 20.1 Å². The Morgan fingerprint density at radius 2 is 1.90 bits per heavy atom. The van der Waals surface area contributed by atoms with Crippen molar-refractivity contribution in [3.05, 3.63) is 23.8 Å². The maximum absolute atomic E-state index is 12.2. The maximum Gasteiger partial charge on any atom is 0.410 e. The van der Waals surface area contributed by atoms with Gasteiger partial charge in [0.2, 0.25) is 6.79 Å². The predicted molar refractivity (Wildman–Crippen MR) is 125 cm³/mol. The van der Waals surface area contributed by atoms with Crippen molar-refractivity contribution in [2.24, 2.45) is 4.99 Å². The summed E-state index contributed by atoms with van der Waals surface area (Å²) in [5, 5.41) is 6.50. The summed E-state index contributed by atoms with van der Waals surface area (Å²) in [7, 11) is 1.72. The van der Waals surface area contributed by atoms with Crippen LogP contribution in [0.2, 0.25) is 0 Å². The Morgan fingerprint density at radius 3 is 2.55 bits per heavy atom. The fourth-order valence-electron chi connectivity index (χ4n) is 2.66. The van der Waals surface area contributed by atoms with Crippen LogP contribution in [0.3, 0.4) is 0 Å². The van der Waals surface area contributed by atoms with Gasteiger partial charge in [0.15, 0.2) is 17.5 Å².